The summed E-state index contributed by atoms with van der Waals surface area (Å²) < 4.78 is 5.87. The van der Waals surface area contributed by atoms with E-state index in [1.165, 1.54) is 5.56 Å². The summed E-state index contributed by atoms with van der Waals surface area (Å²) in [7, 11) is 0. The number of carbonyl (C=O) groups is 1. The van der Waals surface area contributed by atoms with Crippen LogP contribution in [0.4, 0.5) is 10.5 Å². The van der Waals surface area contributed by atoms with Crippen LogP contribution in [-0.4, -0.2) is 43.2 Å². The van der Waals surface area contributed by atoms with Gasteiger partial charge in [0.25, 0.3) is 0 Å². The SMILES string of the molecule is O=C(Nc1cccc(OCCCc2ccccc2)c1)N1CC[C@@H]2CNC[C@@H]21. The van der Waals surface area contributed by atoms with Crippen LogP contribution in [0.3, 0.4) is 0 Å². The van der Waals surface area contributed by atoms with Crippen LogP contribution >= 0.6 is 0 Å². The number of fused-ring (bicyclic) bond motifs is 1. The number of hydrogen-bond acceptors (Lipinski definition) is 3. The molecule has 142 valence electrons. The average Bonchev–Trinajstić information content (AvgIpc) is 3.30. The van der Waals surface area contributed by atoms with E-state index in [9.17, 15) is 4.79 Å². The Bertz CT molecular complexity index is 765. The number of ether oxygens (including phenoxy) is 1. The summed E-state index contributed by atoms with van der Waals surface area (Å²) in [4.78, 5) is 14.6. The van der Waals surface area contributed by atoms with Crippen LogP contribution in [0.5, 0.6) is 5.75 Å². The van der Waals surface area contributed by atoms with Crippen LogP contribution < -0.4 is 15.4 Å². The zero-order valence-corrected chi connectivity index (χ0v) is 15.6. The molecule has 4 rings (SSSR count). The molecule has 5 nitrogen and oxygen atoms in total. The van der Waals surface area contributed by atoms with Gasteiger partial charge in [-0.3, -0.25) is 0 Å². The summed E-state index contributed by atoms with van der Waals surface area (Å²) in [6.45, 7) is 3.44. The summed E-state index contributed by atoms with van der Waals surface area (Å²) in [5.41, 5.74) is 2.11. The van der Waals surface area contributed by atoms with Gasteiger partial charge >= 0.3 is 6.03 Å². The van der Waals surface area contributed by atoms with Crippen molar-refractivity contribution in [1.82, 2.24) is 10.2 Å². The van der Waals surface area contributed by atoms with Gasteiger partial charge in [0.1, 0.15) is 5.75 Å². The van der Waals surface area contributed by atoms with E-state index in [0.29, 0.717) is 18.6 Å². The predicted octanol–water partition coefficient (Wildman–Crippen LogP) is 3.52. The number of hydrogen-bond donors (Lipinski definition) is 2. The van der Waals surface area contributed by atoms with Crippen molar-refractivity contribution >= 4 is 11.7 Å². The fourth-order valence-electron chi connectivity index (χ4n) is 4.07. The molecule has 0 saturated carbocycles. The van der Waals surface area contributed by atoms with Crippen LogP contribution in [0.1, 0.15) is 18.4 Å². The predicted molar refractivity (Wildman–Crippen MR) is 107 cm³/mol. The summed E-state index contributed by atoms with van der Waals surface area (Å²) >= 11 is 0. The molecular weight excluding hydrogens is 338 g/mol. The zero-order valence-electron chi connectivity index (χ0n) is 15.6. The molecule has 2 aliphatic rings. The van der Waals surface area contributed by atoms with Gasteiger partial charge in [0.05, 0.1) is 6.61 Å². The van der Waals surface area contributed by atoms with Gasteiger partial charge in [0.2, 0.25) is 0 Å². The fraction of sp³-hybridized carbons (Fsp3) is 0.409. The third kappa shape index (κ3) is 4.42. The Morgan fingerprint density at radius 1 is 1.15 bits per heavy atom. The number of urea groups is 1. The maximum atomic E-state index is 12.6. The van der Waals surface area contributed by atoms with Crippen molar-refractivity contribution in [3.05, 3.63) is 60.2 Å². The van der Waals surface area contributed by atoms with Gasteiger partial charge in [0.15, 0.2) is 0 Å². The molecule has 0 radical (unpaired) electrons. The quantitative estimate of drug-likeness (QED) is 0.770. The number of likely N-dealkylation sites (tertiary alicyclic amines) is 1. The van der Waals surface area contributed by atoms with Crippen molar-refractivity contribution in [3.8, 4) is 5.75 Å². The number of aryl methyl sites for hydroxylation is 1. The number of carbonyl (C=O) groups excluding carboxylic acids is 1. The molecule has 2 heterocycles. The van der Waals surface area contributed by atoms with E-state index in [2.05, 4.69) is 34.9 Å². The first-order valence-corrected chi connectivity index (χ1v) is 9.85. The highest BCUT2D eigenvalue weighted by Crippen LogP contribution is 2.28. The van der Waals surface area contributed by atoms with Crippen LogP contribution in [0.15, 0.2) is 54.6 Å². The summed E-state index contributed by atoms with van der Waals surface area (Å²) in [5.74, 6) is 1.40. The van der Waals surface area contributed by atoms with Crippen molar-refractivity contribution in [1.29, 1.82) is 0 Å². The summed E-state index contributed by atoms with van der Waals surface area (Å²) in [6.07, 6.45) is 3.06. The maximum Gasteiger partial charge on any atom is 0.322 e. The molecule has 5 heteroatoms. The number of amides is 2. The number of nitrogens with one attached hydrogen (secondary N) is 2. The lowest BCUT2D eigenvalue weighted by molar-refractivity contribution is 0.206. The minimum absolute atomic E-state index is 0.00701. The highest BCUT2D eigenvalue weighted by Gasteiger charge is 2.39. The smallest absolute Gasteiger partial charge is 0.322 e. The molecule has 27 heavy (non-hydrogen) atoms. The second-order valence-corrected chi connectivity index (χ2v) is 7.36. The van der Waals surface area contributed by atoms with Gasteiger partial charge in [-0.05, 0) is 42.9 Å². The summed E-state index contributed by atoms with van der Waals surface area (Å²) in [6, 6.07) is 18.4. The summed E-state index contributed by atoms with van der Waals surface area (Å²) in [5, 5.41) is 6.41. The van der Waals surface area contributed by atoms with E-state index in [1.807, 2.05) is 35.2 Å². The van der Waals surface area contributed by atoms with Crippen LogP contribution in [-0.2, 0) is 6.42 Å². The number of anilines is 1. The molecule has 0 aromatic heterocycles. The number of rotatable bonds is 6. The molecule has 2 N–H and O–H groups in total. The molecule has 0 unspecified atom stereocenters. The first kappa shape index (κ1) is 17.9. The normalized spacial score (nSPS) is 21.1. The molecule has 2 aliphatic heterocycles. The molecule has 2 saturated heterocycles. The number of nitrogens with zero attached hydrogens (tertiary/aromatic N) is 1. The largest absolute Gasteiger partial charge is 0.494 e. The topological polar surface area (TPSA) is 53.6 Å². The zero-order chi connectivity index (χ0) is 18.5. The third-order valence-corrected chi connectivity index (χ3v) is 5.51. The van der Waals surface area contributed by atoms with Gasteiger partial charge in [-0.25, -0.2) is 4.79 Å². The fourth-order valence-corrected chi connectivity index (χ4v) is 4.07. The van der Waals surface area contributed by atoms with Gasteiger partial charge in [-0.1, -0.05) is 36.4 Å². The highest BCUT2D eigenvalue weighted by atomic mass is 16.5. The molecular formula is C22H27N3O2. The maximum absolute atomic E-state index is 12.6. The lowest BCUT2D eigenvalue weighted by Crippen LogP contribution is -2.41. The Labute approximate surface area is 160 Å². The van der Waals surface area contributed by atoms with Crippen molar-refractivity contribution in [2.24, 2.45) is 5.92 Å². The first-order valence-electron chi connectivity index (χ1n) is 9.85. The van der Waals surface area contributed by atoms with Crippen LogP contribution in [0.25, 0.3) is 0 Å². The molecule has 0 bridgehead atoms. The molecule has 2 aromatic rings. The van der Waals surface area contributed by atoms with E-state index in [-0.39, 0.29) is 6.03 Å². The van der Waals surface area contributed by atoms with E-state index >= 15 is 0 Å². The van der Waals surface area contributed by atoms with Crippen molar-refractivity contribution in [2.45, 2.75) is 25.3 Å². The molecule has 2 aromatic carbocycles. The standard InChI is InChI=1S/C22H27N3O2/c26-22(25-12-11-18-15-23-16-21(18)25)24-19-9-4-10-20(14-19)27-13-5-8-17-6-2-1-3-7-17/h1-4,6-7,9-10,14,18,21,23H,5,8,11-13,15-16H2,(H,24,26)/t18-,21+/m1/s1. The van der Waals surface area contributed by atoms with E-state index < -0.39 is 0 Å². The Kier molecular flexibility index (Phi) is 5.58. The average molecular weight is 365 g/mol. The Morgan fingerprint density at radius 2 is 2.04 bits per heavy atom. The Balaban J connectivity index is 1.26. The second kappa shape index (κ2) is 8.44. The van der Waals surface area contributed by atoms with E-state index in [1.54, 1.807) is 0 Å². The Hall–Kier alpha value is -2.53. The Morgan fingerprint density at radius 3 is 2.93 bits per heavy atom. The van der Waals surface area contributed by atoms with Crippen LogP contribution in [0.2, 0.25) is 0 Å². The first-order chi connectivity index (χ1) is 13.3. The van der Waals surface area contributed by atoms with Crippen molar-refractivity contribution < 1.29 is 9.53 Å². The van der Waals surface area contributed by atoms with Crippen molar-refractivity contribution in [3.63, 3.8) is 0 Å². The van der Waals surface area contributed by atoms with Crippen LogP contribution in [0, 0.1) is 5.92 Å². The minimum Gasteiger partial charge on any atom is -0.494 e. The molecule has 2 fully saturated rings. The molecule has 2 amide bonds. The molecule has 0 aliphatic carbocycles. The van der Waals surface area contributed by atoms with E-state index in [4.69, 9.17) is 4.74 Å². The lowest BCUT2D eigenvalue weighted by atomic mass is 10.1. The van der Waals surface area contributed by atoms with Crippen molar-refractivity contribution in [2.75, 3.05) is 31.6 Å². The minimum atomic E-state index is -0.00701. The molecule has 2 atom stereocenters. The highest BCUT2D eigenvalue weighted by molar-refractivity contribution is 5.90. The lowest BCUT2D eigenvalue weighted by Gasteiger charge is -2.23. The van der Waals surface area contributed by atoms with Gasteiger partial charge in [-0.15, -0.1) is 0 Å². The molecule has 0 spiro atoms. The van der Waals surface area contributed by atoms with E-state index in [0.717, 1.165) is 50.3 Å². The number of benzene rings is 2. The monoisotopic (exact) mass is 365 g/mol. The van der Waals surface area contributed by atoms with Gasteiger partial charge in [-0.2, -0.15) is 0 Å². The second-order valence-electron chi connectivity index (χ2n) is 7.36. The van der Waals surface area contributed by atoms with Gasteiger partial charge in [0, 0.05) is 37.4 Å². The third-order valence-electron chi connectivity index (χ3n) is 5.51. The van der Waals surface area contributed by atoms with Gasteiger partial charge < -0.3 is 20.3 Å².